The molecule has 6 nitrogen and oxygen atoms in total. The molecular formula is C19H28N4O2. The van der Waals surface area contributed by atoms with E-state index < -0.39 is 5.60 Å². The van der Waals surface area contributed by atoms with Crippen LogP contribution in [0.3, 0.4) is 0 Å². The van der Waals surface area contributed by atoms with Crippen molar-refractivity contribution < 1.29 is 9.84 Å². The summed E-state index contributed by atoms with van der Waals surface area (Å²) >= 11 is 0. The van der Waals surface area contributed by atoms with E-state index in [9.17, 15) is 5.11 Å². The number of ether oxygens (including phenoxy) is 1. The summed E-state index contributed by atoms with van der Waals surface area (Å²) in [7, 11) is 0. The van der Waals surface area contributed by atoms with Gasteiger partial charge in [-0.05, 0) is 24.7 Å². The van der Waals surface area contributed by atoms with E-state index in [0.29, 0.717) is 31.0 Å². The van der Waals surface area contributed by atoms with Crippen molar-refractivity contribution in [2.75, 3.05) is 50.8 Å². The SMILES string of the molecule is OC1(CN2CC3CN(c4cc(C5CC5)ncn4)CC3C2)CCOCC1. The topological polar surface area (TPSA) is 61.7 Å². The second kappa shape index (κ2) is 6.18. The van der Waals surface area contributed by atoms with Gasteiger partial charge in [-0.3, -0.25) is 4.90 Å². The summed E-state index contributed by atoms with van der Waals surface area (Å²) in [4.78, 5) is 13.9. The highest BCUT2D eigenvalue weighted by atomic mass is 16.5. The van der Waals surface area contributed by atoms with Gasteiger partial charge in [0.05, 0.1) is 5.60 Å². The molecule has 2 atom stereocenters. The maximum absolute atomic E-state index is 10.8. The van der Waals surface area contributed by atoms with Crippen LogP contribution in [0.15, 0.2) is 12.4 Å². The zero-order chi connectivity index (χ0) is 16.9. The van der Waals surface area contributed by atoms with Gasteiger partial charge in [0.2, 0.25) is 0 Å². The van der Waals surface area contributed by atoms with Gasteiger partial charge >= 0.3 is 0 Å². The lowest BCUT2D eigenvalue weighted by Crippen LogP contribution is -2.46. The first kappa shape index (κ1) is 16.0. The van der Waals surface area contributed by atoms with E-state index in [1.54, 1.807) is 6.33 Å². The third-order valence-electron chi connectivity index (χ3n) is 6.50. The summed E-state index contributed by atoms with van der Waals surface area (Å²) in [6.45, 7) is 6.58. The molecule has 0 spiro atoms. The molecule has 25 heavy (non-hydrogen) atoms. The molecule has 0 radical (unpaired) electrons. The van der Waals surface area contributed by atoms with Crippen LogP contribution < -0.4 is 4.90 Å². The number of likely N-dealkylation sites (tertiary alicyclic amines) is 1. The molecule has 1 aromatic rings. The van der Waals surface area contributed by atoms with Crippen molar-refractivity contribution in [1.29, 1.82) is 0 Å². The van der Waals surface area contributed by atoms with E-state index in [0.717, 1.165) is 51.4 Å². The Kier molecular flexibility index (Phi) is 3.95. The molecule has 4 aliphatic rings. The summed E-state index contributed by atoms with van der Waals surface area (Å²) in [6, 6.07) is 2.21. The van der Waals surface area contributed by atoms with Crippen LogP contribution >= 0.6 is 0 Å². The molecule has 1 aromatic heterocycles. The Balaban J connectivity index is 1.20. The number of hydrogen-bond acceptors (Lipinski definition) is 6. The predicted octanol–water partition coefficient (Wildman–Crippen LogP) is 1.26. The number of anilines is 1. The van der Waals surface area contributed by atoms with Crippen LogP contribution in [0.1, 0.15) is 37.3 Å². The highest BCUT2D eigenvalue weighted by molar-refractivity contribution is 5.42. The maximum atomic E-state index is 10.8. The average molecular weight is 344 g/mol. The van der Waals surface area contributed by atoms with Gasteiger partial charge < -0.3 is 14.7 Å². The highest BCUT2D eigenvalue weighted by Crippen LogP contribution is 2.40. The quantitative estimate of drug-likeness (QED) is 0.887. The van der Waals surface area contributed by atoms with Crippen molar-refractivity contribution in [3.8, 4) is 0 Å². The van der Waals surface area contributed by atoms with Gasteiger partial charge in [0.1, 0.15) is 12.1 Å². The number of hydrogen-bond donors (Lipinski definition) is 1. The maximum Gasteiger partial charge on any atom is 0.132 e. The van der Waals surface area contributed by atoms with Crippen LogP contribution in [0.5, 0.6) is 0 Å². The Morgan fingerprint density at radius 3 is 2.48 bits per heavy atom. The number of aliphatic hydroxyl groups is 1. The smallest absolute Gasteiger partial charge is 0.132 e. The van der Waals surface area contributed by atoms with Gasteiger partial charge in [-0.15, -0.1) is 0 Å². The fourth-order valence-electron chi connectivity index (χ4n) is 4.87. The monoisotopic (exact) mass is 344 g/mol. The molecule has 1 saturated carbocycles. The molecule has 136 valence electrons. The number of nitrogens with zero attached hydrogens (tertiary/aromatic N) is 4. The largest absolute Gasteiger partial charge is 0.388 e. The van der Waals surface area contributed by atoms with E-state index in [-0.39, 0.29) is 0 Å². The van der Waals surface area contributed by atoms with Crippen molar-refractivity contribution in [2.45, 2.75) is 37.2 Å². The Labute approximate surface area is 149 Å². The molecular weight excluding hydrogens is 316 g/mol. The lowest BCUT2D eigenvalue weighted by molar-refractivity contribution is -0.0778. The summed E-state index contributed by atoms with van der Waals surface area (Å²) < 4.78 is 5.40. The molecule has 3 aliphatic heterocycles. The average Bonchev–Trinajstić information content (AvgIpc) is 3.29. The predicted molar refractivity (Wildman–Crippen MR) is 94.6 cm³/mol. The van der Waals surface area contributed by atoms with Crippen LogP contribution in [0.4, 0.5) is 5.82 Å². The van der Waals surface area contributed by atoms with E-state index in [1.165, 1.54) is 18.5 Å². The number of aromatic nitrogens is 2. The van der Waals surface area contributed by atoms with Crippen LogP contribution in [-0.2, 0) is 4.74 Å². The lowest BCUT2D eigenvalue weighted by Gasteiger charge is -2.36. The van der Waals surface area contributed by atoms with Crippen LogP contribution in [-0.4, -0.2) is 71.5 Å². The lowest BCUT2D eigenvalue weighted by atomic mass is 9.94. The molecule has 0 bridgehead atoms. The standard InChI is InChI=1S/C19H28N4O2/c24-19(3-5-25-6-4-19)12-22-8-15-10-23(11-16(15)9-22)18-7-17(14-1-2-14)20-13-21-18/h7,13-16,24H,1-6,8-12H2. The summed E-state index contributed by atoms with van der Waals surface area (Å²) in [6.07, 6.45) is 5.85. The van der Waals surface area contributed by atoms with Crippen molar-refractivity contribution in [1.82, 2.24) is 14.9 Å². The Morgan fingerprint density at radius 2 is 1.80 bits per heavy atom. The zero-order valence-electron chi connectivity index (χ0n) is 14.8. The molecule has 1 N–H and O–H groups in total. The van der Waals surface area contributed by atoms with Crippen LogP contribution in [0.2, 0.25) is 0 Å². The fraction of sp³-hybridized carbons (Fsp3) is 0.789. The molecule has 0 aromatic carbocycles. The minimum absolute atomic E-state index is 0.539. The molecule has 4 fully saturated rings. The molecule has 1 aliphatic carbocycles. The first-order valence-electron chi connectivity index (χ1n) is 9.78. The van der Waals surface area contributed by atoms with Gasteiger partial charge in [-0.25, -0.2) is 9.97 Å². The van der Waals surface area contributed by atoms with Gasteiger partial charge in [0.25, 0.3) is 0 Å². The summed E-state index contributed by atoms with van der Waals surface area (Å²) in [5.41, 5.74) is 0.688. The van der Waals surface area contributed by atoms with Crippen molar-refractivity contribution in [2.24, 2.45) is 11.8 Å². The molecule has 0 amide bonds. The van der Waals surface area contributed by atoms with Gasteiger partial charge in [-0.1, -0.05) is 0 Å². The third kappa shape index (κ3) is 3.27. The van der Waals surface area contributed by atoms with Gasteiger partial charge in [-0.2, -0.15) is 0 Å². The normalized spacial score (nSPS) is 32.1. The van der Waals surface area contributed by atoms with Crippen molar-refractivity contribution in [3.63, 3.8) is 0 Å². The second-order valence-corrected chi connectivity index (χ2v) is 8.53. The van der Waals surface area contributed by atoms with Crippen molar-refractivity contribution in [3.05, 3.63) is 18.1 Å². The third-order valence-corrected chi connectivity index (χ3v) is 6.50. The number of β-amino-alcohol motifs (C(OH)–C–C–N with tert-alkyl or cyclic N) is 1. The molecule has 6 heteroatoms. The first-order chi connectivity index (χ1) is 12.2. The van der Waals surface area contributed by atoms with Gasteiger partial charge in [0.15, 0.2) is 0 Å². The van der Waals surface area contributed by atoms with E-state index >= 15 is 0 Å². The molecule has 5 rings (SSSR count). The fourth-order valence-corrected chi connectivity index (χ4v) is 4.87. The Bertz CT molecular complexity index is 616. The number of rotatable bonds is 4. The van der Waals surface area contributed by atoms with Gasteiger partial charge in [0, 0.05) is 76.5 Å². The van der Waals surface area contributed by atoms with E-state index in [4.69, 9.17) is 4.74 Å². The van der Waals surface area contributed by atoms with E-state index in [1.807, 2.05) is 0 Å². The summed E-state index contributed by atoms with van der Waals surface area (Å²) in [5, 5.41) is 10.8. The first-order valence-corrected chi connectivity index (χ1v) is 9.78. The second-order valence-electron chi connectivity index (χ2n) is 8.53. The van der Waals surface area contributed by atoms with E-state index in [2.05, 4.69) is 25.8 Å². The zero-order valence-corrected chi connectivity index (χ0v) is 14.8. The van der Waals surface area contributed by atoms with Crippen LogP contribution in [0, 0.1) is 11.8 Å². The Hall–Kier alpha value is -1.24. The Morgan fingerprint density at radius 1 is 1.08 bits per heavy atom. The minimum atomic E-state index is -0.539. The molecule has 2 unspecified atom stereocenters. The summed E-state index contributed by atoms with van der Waals surface area (Å²) in [5.74, 6) is 3.19. The molecule has 4 heterocycles. The highest BCUT2D eigenvalue weighted by Gasteiger charge is 2.43. The number of fused-ring (bicyclic) bond motifs is 1. The van der Waals surface area contributed by atoms with Crippen LogP contribution in [0.25, 0.3) is 0 Å². The molecule has 3 saturated heterocycles. The minimum Gasteiger partial charge on any atom is -0.388 e. The van der Waals surface area contributed by atoms with Crippen molar-refractivity contribution >= 4 is 5.82 Å².